The molecule has 2 heterocycles. The quantitative estimate of drug-likeness (QED) is 0.781. The zero-order chi connectivity index (χ0) is 17.6. The fourth-order valence-corrected chi connectivity index (χ4v) is 2.87. The van der Waals surface area contributed by atoms with Crippen LogP contribution in [-0.4, -0.2) is 54.6 Å². The highest BCUT2D eigenvalue weighted by atomic mass is 16.5. The van der Waals surface area contributed by atoms with Crippen molar-refractivity contribution in [2.24, 2.45) is 7.05 Å². The molecule has 1 N–H and O–H groups in total. The largest absolute Gasteiger partial charge is 0.490 e. The van der Waals surface area contributed by atoms with Gasteiger partial charge in [-0.3, -0.25) is 4.68 Å². The van der Waals surface area contributed by atoms with Gasteiger partial charge in [-0.05, 0) is 31.8 Å². The van der Waals surface area contributed by atoms with Crippen LogP contribution < -0.4 is 14.8 Å². The van der Waals surface area contributed by atoms with E-state index in [4.69, 9.17) is 9.47 Å². The second-order valence-electron chi connectivity index (χ2n) is 6.46. The molecule has 0 bridgehead atoms. The van der Waals surface area contributed by atoms with Crippen LogP contribution in [0, 0.1) is 0 Å². The Balaban J connectivity index is 1.73. The molecular weight excluding hydrogens is 316 g/mol. The van der Waals surface area contributed by atoms with Crippen LogP contribution in [0.15, 0.2) is 24.4 Å². The molecule has 136 valence electrons. The van der Waals surface area contributed by atoms with E-state index in [1.165, 1.54) is 5.56 Å². The summed E-state index contributed by atoms with van der Waals surface area (Å²) >= 11 is 0. The standard InChI is InChI=1S/C19H28N4O2/c1-4-22(2)9-8-20-13-16-14-23(3)21-19(16)15-6-7-17-18(12-15)25-11-5-10-24-17/h6-7,12,14,20H,4-5,8-11,13H2,1-3H3. The Kier molecular flexibility index (Phi) is 5.94. The summed E-state index contributed by atoms with van der Waals surface area (Å²) in [5, 5.41) is 8.16. The fourth-order valence-electron chi connectivity index (χ4n) is 2.87. The number of rotatable bonds is 7. The zero-order valence-electron chi connectivity index (χ0n) is 15.4. The van der Waals surface area contributed by atoms with E-state index in [-0.39, 0.29) is 0 Å². The molecule has 1 aliphatic heterocycles. The van der Waals surface area contributed by atoms with Gasteiger partial charge in [-0.25, -0.2) is 0 Å². The van der Waals surface area contributed by atoms with E-state index in [0.717, 1.165) is 55.4 Å². The summed E-state index contributed by atoms with van der Waals surface area (Å²) in [6, 6.07) is 6.08. The first-order valence-electron chi connectivity index (χ1n) is 8.99. The van der Waals surface area contributed by atoms with Crippen molar-refractivity contribution in [3.63, 3.8) is 0 Å². The summed E-state index contributed by atoms with van der Waals surface area (Å²) in [6.07, 6.45) is 2.99. The van der Waals surface area contributed by atoms with Crippen molar-refractivity contribution >= 4 is 0 Å². The minimum absolute atomic E-state index is 0.692. The Morgan fingerprint density at radius 2 is 2.04 bits per heavy atom. The third kappa shape index (κ3) is 4.52. The van der Waals surface area contributed by atoms with Crippen molar-refractivity contribution in [2.75, 3.05) is 39.9 Å². The highest BCUT2D eigenvalue weighted by Crippen LogP contribution is 2.34. The number of hydrogen-bond donors (Lipinski definition) is 1. The number of aryl methyl sites for hydroxylation is 1. The maximum absolute atomic E-state index is 5.81. The van der Waals surface area contributed by atoms with E-state index in [2.05, 4.69) is 41.5 Å². The van der Waals surface area contributed by atoms with Gasteiger partial charge in [0.25, 0.3) is 0 Å². The first kappa shape index (κ1) is 17.8. The Morgan fingerprint density at radius 3 is 2.84 bits per heavy atom. The van der Waals surface area contributed by atoms with Crippen molar-refractivity contribution < 1.29 is 9.47 Å². The van der Waals surface area contributed by atoms with Gasteiger partial charge >= 0.3 is 0 Å². The molecule has 6 heteroatoms. The Labute approximate surface area is 149 Å². The van der Waals surface area contributed by atoms with Gasteiger partial charge in [0.05, 0.1) is 18.9 Å². The molecule has 0 amide bonds. The second-order valence-corrected chi connectivity index (χ2v) is 6.46. The SMILES string of the molecule is CCN(C)CCNCc1cn(C)nc1-c1ccc2c(c1)OCCCO2. The molecule has 0 radical (unpaired) electrons. The lowest BCUT2D eigenvalue weighted by atomic mass is 10.1. The molecule has 6 nitrogen and oxygen atoms in total. The topological polar surface area (TPSA) is 51.6 Å². The van der Waals surface area contributed by atoms with Gasteiger partial charge in [0.1, 0.15) is 0 Å². The molecule has 0 saturated heterocycles. The second kappa shape index (κ2) is 8.36. The predicted molar refractivity (Wildman–Crippen MR) is 99.1 cm³/mol. The molecule has 3 rings (SSSR count). The number of likely N-dealkylation sites (N-methyl/N-ethyl adjacent to an activating group) is 1. The first-order chi connectivity index (χ1) is 12.2. The highest BCUT2D eigenvalue weighted by molar-refractivity contribution is 5.66. The summed E-state index contributed by atoms with van der Waals surface area (Å²) in [5.41, 5.74) is 3.25. The number of nitrogens with one attached hydrogen (secondary N) is 1. The van der Waals surface area contributed by atoms with Crippen molar-refractivity contribution in [3.8, 4) is 22.8 Å². The van der Waals surface area contributed by atoms with Crippen molar-refractivity contribution in [3.05, 3.63) is 30.0 Å². The van der Waals surface area contributed by atoms with Gasteiger partial charge in [0.2, 0.25) is 0 Å². The van der Waals surface area contributed by atoms with Crippen LogP contribution in [0.1, 0.15) is 18.9 Å². The average Bonchev–Trinajstić information content (AvgIpc) is 2.84. The molecular formula is C19H28N4O2. The van der Waals surface area contributed by atoms with Crippen LogP contribution in [0.5, 0.6) is 11.5 Å². The molecule has 2 aromatic rings. The van der Waals surface area contributed by atoms with Gasteiger partial charge in [-0.1, -0.05) is 6.92 Å². The average molecular weight is 344 g/mol. The molecule has 0 unspecified atom stereocenters. The molecule has 0 fully saturated rings. The highest BCUT2D eigenvalue weighted by Gasteiger charge is 2.15. The van der Waals surface area contributed by atoms with E-state index >= 15 is 0 Å². The Bertz CT molecular complexity index is 699. The van der Waals surface area contributed by atoms with Crippen molar-refractivity contribution in [1.82, 2.24) is 20.0 Å². The Hall–Kier alpha value is -2.05. The van der Waals surface area contributed by atoms with E-state index in [1.54, 1.807) is 0 Å². The van der Waals surface area contributed by atoms with Crippen LogP contribution in [0.4, 0.5) is 0 Å². The third-order valence-corrected chi connectivity index (χ3v) is 4.45. The van der Waals surface area contributed by atoms with Gasteiger partial charge in [-0.2, -0.15) is 5.10 Å². The minimum atomic E-state index is 0.692. The molecule has 0 atom stereocenters. The van der Waals surface area contributed by atoms with E-state index in [1.807, 2.05) is 23.9 Å². The van der Waals surface area contributed by atoms with Crippen LogP contribution >= 0.6 is 0 Å². The lowest BCUT2D eigenvalue weighted by Gasteiger charge is -2.14. The molecule has 25 heavy (non-hydrogen) atoms. The number of nitrogens with zero attached hydrogens (tertiary/aromatic N) is 3. The number of fused-ring (bicyclic) bond motifs is 1. The molecule has 1 aromatic carbocycles. The van der Waals surface area contributed by atoms with Crippen LogP contribution in [0.3, 0.4) is 0 Å². The maximum Gasteiger partial charge on any atom is 0.161 e. The normalized spacial score (nSPS) is 13.9. The lowest BCUT2D eigenvalue weighted by molar-refractivity contribution is 0.297. The molecule has 1 aromatic heterocycles. The van der Waals surface area contributed by atoms with Crippen LogP contribution in [0.2, 0.25) is 0 Å². The Morgan fingerprint density at radius 1 is 1.24 bits per heavy atom. The number of hydrogen-bond acceptors (Lipinski definition) is 5. The van der Waals surface area contributed by atoms with Gasteiger partial charge in [0, 0.05) is 50.4 Å². The minimum Gasteiger partial charge on any atom is -0.490 e. The van der Waals surface area contributed by atoms with Gasteiger partial charge < -0.3 is 19.7 Å². The zero-order valence-corrected chi connectivity index (χ0v) is 15.4. The summed E-state index contributed by atoms with van der Waals surface area (Å²) in [5.74, 6) is 1.63. The number of aromatic nitrogens is 2. The lowest BCUT2D eigenvalue weighted by Crippen LogP contribution is -2.28. The molecule has 0 aliphatic carbocycles. The van der Waals surface area contributed by atoms with E-state index in [0.29, 0.717) is 13.2 Å². The van der Waals surface area contributed by atoms with Crippen LogP contribution in [0.25, 0.3) is 11.3 Å². The van der Waals surface area contributed by atoms with Crippen molar-refractivity contribution in [1.29, 1.82) is 0 Å². The first-order valence-corrected chi connectivity index (χ1v) is 8.99. The summed E-state index contributed by atoms with van der Waals surface area (Å²) in [6.45, 7) is 7.43. The molecule has 1 aliphatic rings. The van der Waals surface area contributed by atoms with E-state index < -0.39 is 0 Å². The molecule has 0 spiro atoms. The monoisotopic (exact) mass is 344 g/mol. The smallest absolute Gasteiger partial charge is 0.161 e. The number of ether oxygens (including phenoxy) is 2. The summed E-state index contributed by atoms with van der Waals surface area (Å²) in [4.78, 5) is 2.29. The van der Waals surface area contributed by atoms with Crippen LogP contribution in [-0.2, 0) is 13.6 Å². The predicted octanol–water partition coefficient (Wildman–Crippen LogP) is 2.29. The molecule has 0 saturated carbocycles. The maximum atomic E-state index is 5.81. The third-order valence-electron chi connectivity index (χ3n) is 4.45. The number of benzene rings is 1. The van der Waals surface area contributed by atoms with Gasteiger partial charge in [0.15, 0.2) is 11.5 Å². The van der Waals surface area contributed by atoms with Crippen molar-refractivity contribution in [2.45, 2.75) is 19.9 Å². The summed E-state index contributed by atoms with van der Waals surface area (Å²) < 4.78 is 13.4. The summed E-state index contributed by atoms with van der Waals surface area (Å²) in [7, 11) is 4.09. The fraction of sp³-hybridized carbons (Fsp3) is 0.526. The van der Waals surface area contributed by atoms with E-state index in [9.17, 15) is 0 Å². The van der Waals surface area contributed by atoms with Gasteiger partial charge in [-0.15, -0.1) is 0 Å².